The van der Waals surface area contributed by atoms with Crippen molar-refractivity contribution in [1.29, 1.82) is 0 Å². The molecule has 26 heavy (non-hydrogen) atoms. The Morgan fingerprint density at radius 2 is 1.50 bits per heavy atom. The van der Waals surface area contributed by atoms with E-state index in [0.717, 1.165) is 18.5 Å². The van der Waals surface area contributed by atoms with Gasteiger partial charge >= 0.3 is 0 Å². The number of benzene rings is 1. The fourth-order valence-corrected chi connectivity index (χ4v) is 6.43. The van der Waals surface area contributed by atoms with Crippen LogP contribution in [0, 0.1) is 11.8 Å². The Hall–Kier alpha value is -0.380. The fourth-order valence-electron chi connectivity index (χ4n) is 6.43. The van der Waals surface area contributed by atoms with E-state index in [0.29, 0.717) is 11.8 Å². The molecule has 3 heteroatoms. The minimum atomic E-state index is -0.611. The molecule has 1 aromatic rings. The third-order valence-electron chi connectivity index (χ3n) is 8.08. The van der Waals surface area contributed by atoms with E-state index >= 15 is 0 Å². The van der Waals surface area contributed by atoms with Gasteiger partial charge < -0.3 is 26.6 Å². The third kappa shape index (κ3) is 3.64. The van der Waals surface area contributed by atoms with Gasteiger partial charge in [-0.25, -0.2) is 0 Å². The van der Waals surface area contributed by atoms with Crippen molar-refractivity contribution < 1.29 is 26.6 Å². The van der Waals surface area contributed by atoms with Gasteiger partial charge in [-0.15, -0.1) is 0 Å². The highest BCUT2D eigenvalue weighted by molar-refractivity contribution is 5.24. The standard InChI is InChI=1S/C23H36NO.BrH/c1-24(2)21-13-14-22(24)16-18(15-21)17-23(25,19-9-5-3-6-10-19)20-11-7-4-8-12-20;/h3,5-6,9-10,18,20-22,25H,4,7-8,11-17H2,1-2H3;1H/q+1;/p-1. The van der Waals surface area contributed by atoms with Crippen molar-refractivity contribution in [2.45, 2.75) is 81.9 Å². The summed E-state index contributed by atoms with van der Waals surface area (Å²) in [5.74, 6) is 1.14. The number of hydrogen-bond acceptors (Lipinski definition) is 1. The van der Waals surface area contributed by atoms with E-state index in [9.17, 15) is 5.11 Å². The number of hydrogen-bond donors (Lipinski definition) is 1. The van der Waals surface area contributed by atoms with Gasteiger partial charge in [-0.2, -0.15) is 0 Å². The Morgan fingerprint density at radius 1 is 0.923 bits per heavy atom. The normalized spacial score (nSPS) is 33.3. The van der Waals surface area contributed by atoms with Gasteiger partial charge in [0.25, 0.3) is 0 Å². The number of aliphatic hydroxyl groups is 1. The zero-order valence-corrected chi connectivity index (χ0v) is 18.1. The van der Waals surface area contributed by atoms with Crippen molar-refractivity contribution in [3.05, 3.63) is 35.9 Å². The highest BCUT2D eigenvalue weighted by Crippen LogP contribution is 2.49. The van der Waals surface area contributed by atoms with Crippen LogP contribution in [0.5, 0.6) is 0 Å². The van der Waals surface area contributed by atoms with E-state index < -0.39 is 5.60 Å². The SMILES string of the molecule is C[N+]1(C)C2CCC1CC(CC(O)(c1ccccc1)C1CCCCC1)C2.[Br-]. The minimum absolute atomic E-state index is 0. The lowest BCUT2D eigenvalue weighted by Gasteiger charge is -2.47. The van der Waals surface area contributed by atoms with Crippen LogP contribution < -0.4 is 17.0 Å². The van der Waals surface area contributed by atoms with Crippen LogP contribution in [0.2, 0.25) is 0 Å². The monoisotopic (exact) mass is 421 g/mol. The van der Waals surface area contributed by atoms with Gasteiger partial charge in [0.05, 0.1) is 31.8 Å². The Kier molecular flexibility index (Phi) is 6.21. The fraction of sp³-hybridized carbons (Fsp3) is 0.739. The van der Waals surface area contributed by atoms with E-state index in [1.807, 2.05) is 0 Å². The lowest BCUT2D eigenvalue weighted by atomic mass is 9.68. The van der Waals surface area contributed by atoms with Gasteiger partial charge in [-0.1, -0.05) is 49.6 Å². The molecule has 4 rings (SSSR count). The maximum atomic E-state index is 12.0. The zero-order valence-electron chi connectivity index (χ0n) is 16.5. The third-order valence-corrected chi connectivity index (χ3v) is 8.08. The van der Waals surface area contributed by atoms with Crippen molar-refractivity contribution in [1.82, 2.24) is 0 Å². The first-order valence-electron chi connectivity index (χ1n) is 10.6. The molecule has 2 saturated heterocycles. The van der Waals surface area contributed by atoms with Crippen molar-refractivity contribution >= 4 is 0 Å². The number of halogens is 1. The lowest BCUT2D eigenvalue weighted by molar-refractivity contribution is -0.931. The molecule has 3 unspecified atom stereocenters. The van der Waals surface area contributed by atoms with E-state index in [1.54, 1.807) is 0 Å². The molecule has 0 aromatic heterocycles. The number of rotatable bonds is 4. The van der Waals surface area contributed by atoms with Gasteiger partial charge in [0.2, 0.25) is 0 Å². The van der Waals surface area contributed by atoms with E-state index in [1.165, 1.54) is 67.8 Å². The van der Waals surface area contributed by atoms with Gasteiger partial charge in [0.15, 0.2) is 0 Å². The van der Waals surface area contributed by atoms with Gasteiger partial charge in [-0.05, 0) is 36.7 Å². The molecule has 3 atom stereocenters. The summed E-state index contributed by atoms with van der Waals surface area (Å²) >= 11 is 0. The summed E-state index contributed by atoms with van der Waals surface area (Å²) in [5, 5.41) is 12.0. The van der Waals surface area contributed by atoms with Crippen LogP contribution in [0.15, 0.2) is 30.3 Å². The molecular formula is C23H36BrNO. The van der Waals surface area contributed by atoms with Crippen molar-refractivity contribution in [2.24, 2.45) is 11.8 Å². The van der Waals surface area contributed by atoms with Crippen molar-refractivity contribution in [3.8, 4) is 0 Å². The molecule has 2 heterocycles. The molecule has 0 radical (unpaired) electrons. The lowest BCUT2D eigenvalue weighted by Crippen LogP contribution is -3.00. The van der Waals surface area contributed by atoms with Crippen LogP contribution in [0.1, 0.15) is 69.8 Å². The highest BCUT2D eigenvalue weighted by Gasteiger charge is 2.51. The molecule has 1 saturated carbocycles. The maximum Gasteiger partial charge on any atom is 0.0927 e. The molecule has 3 fully saturated rings. The van der Waals surface area contributed by atoms with Crippen LogP contribution in [0.3, 0.4) is 0 Å². The summed E-state index contributed by atoms with van der Waals surface area (Å²) < 4.78 is 1.23. The molecule has 2 nitrogen and oxygen atoms in total. The Morgan fingerprint density at radius 3 is 2.08 bits per heavy atom. The molecule has 0 spiro atoms. The largest absolute Gasteiger partial charge is 1.00 e. The number of fused-ring (bicyclic) bond motifs is 2. The number of quaternary nitrogens is 1. The topological polar surface area (TPSA) is 20.2 Å². The molecule has 0 amide bonds. The van der Waals surface area contributed by atoms with Crippen molar-refractivity contribution in [2.75, 3.05) is 14.1 Å². The van der Waals surface area contributed by atoms with Gasteiger partial charge in [-0.3, -0.25) is 0 Å². The first kappa shape index (κ1) is 20.4. The summed E-state index contributed by atoms with van der Waals surface area (Å²) in [4.78, 5) is 0. The average Bonchev–Trinajstić information content (AvgIpc) is 2.80. The summed E-state index contributed by atoms with van der Waals surface area (Å²) in [6.45, 7) is 0. The number of piperidine rings is 1. The van der Waals surface area contributed by atoms with Gasteiger partial charge in [0.1, 0.15) is 0 Å². The maximum absolute atomic E-state index is 12.0. The molecule has 2 aliphatic heterocycles. The van der Waals surface area contributed by atoms with E-state index in [4.69, 9.17) is 0 Å². The molecule has 3 aliphatic rings. The van der Waals surface area contributed by atoms with Crippen molar-refractivity contribution in [3.63, 3.8) is 0 Å². The summed E-state index contributed by atoms with van der Waals surface area (Å²) in [6, 6.07) is 12.3. The molecule has 2 bridgehead atoms. The minimum Gasteiger partial charge on any atom is -1.00 e. The summed E-state index contributed by atoms with van der Waals surface area (Å²) in [5.41, 5.74) is 0.564. The second kappa shape index (κ2) is 7.93. The van der Waals surface area contributed by atoms with Crippen LogP contribution in [0.25, 0.3) is 0 Å². The summed E-state index contributed by atoms with van der Waals surface area (Å²) in [7, 11) is 4.87. The molecule has 1 aromatic carbocycles. The second-order valence-corrected chi connectivity index (χ2v) is 9.68. The first-order chi connectivity index (χ1) is 12.0. The molecule has 1 aliphatic carbocycles. The molecule has 146 valence electrons. The first-order valence-corrected chi connectivity index (χ1v) is 10.6. The summed E-state index contributed by atoms with van der Waals surface area (Å²) in [6.07, 6.45) is 12.7. The smallest absolute Gasteiger partial charge is 0.0927 e. The molecule has 1 N–H and O–H groups in total. The quantitative estimate of drug-likeness (QED) is 0.735. The highest BCUT2D eigenvalue weighted by atomic mass is 79.9. The number of nitrogens with zero attached hydrogens (tertiary/aromatic N) is 1. The van der Waals surface area contributed by atoms with Gasteiger partial charge in [0, 0.05) is 25.7 Å². The predicted octanol–water partition coefficient (Wildman–Crippen LogP) is 1.87. The van der Waals surface area contributed by atoms with Crippen LogP contribution in [0.4, 0.5) is 0 Å². The van der Waals surface area contributed by atoms with Crippen LogP contribution >= 0.6 is 0 Å². The second-order valence-electron chi connectivity index (χ2n) is 9.68. The Balaban J connectivity index is 0.00000196. The Bertz CT molecular complexity index is 567. The molecular weight excluding hydrogens is 386 g/mol. The van der Waals surface area contributed by atoms with Crippen LogP contribution in [-0.4, -0.2) is 35.8 Å². The van der Waals surface area contributed by atoms with Crippen LogP contribution in [-0.2, 0) is 5.60 Å². The average molecular weight is 422 g/mol. The van der Waals surface area contributed by atoms with E-state index in [2.05, 4.69) is 44.4 Å². The predicted molar refractivity (Wildman–Crippen MR) is 103 cm³/mol. The Labute approximate surface area is 170 Å². The zero-order chi connectivity index (χ0) is 17.5. The van der Waals surface area contributed by atoms with E-state index in [-0.39, 0.29) is 17.0 Å².